The summed E-state index contributed by atoms with van der Waals surface area (Å²) in [6.45, 7) is 0. The summed E-state index contributed by atoms with van der Waals surface area (Å²) in [7, 11) is 1.29. The van der Waals surface area contributed by atoms with Crippen molar-refractivity contribution in [1.29, 1.82) is 0 Å². The Morgan fingerprint density at radius 3 is 2.44 bits per heavy atom. The number of rotatable bonds is 3. The molecule has 0 aliphatic heterocycles. The summed E-state index contributed by atoms with van der Waals surface area (Å²) in [5, 5.41) is 0. The van der Waals surface area contributed by atoms with Crippen molar-refractivity contribution in [1.82, 2.24) is 4.98 Å². The summed E-state index contributed by atoms with van der Waals surface area (Å²) in [6, 6.07) is 11.7. The molecule has 90 valence electrons. The van der Waals surface area contributed by atoms with Crippen LogP contribution in [-0.2, 0) is 4.74 Å². The molecule has 0 saturated carbocycles. The van der Waals surface area contributed by atoms with Crippen molar-refractivity contribution < 1.29 is 14.3 Å². The molecule has 0 fully saturated rings. The third-order valence-electron chi connectivity index (χ3n) is 2.45. The summed E-state index contributed by atoms with van der Waals surface area (Å²) in [5.41, 5.74) is 1.07. The standard InChI is InChI=1S/C14H11NO3/c1-18-14(17)11-7-8-15-12(9-11)13(16)10-5-3-2-4-6-10/h2-9H,1H3. The number of carbonyl (C=O) groups is 2. The van der Waals surface area contributed by atoms with Crippen LogP contribution in [0.2, 0.25) is 0 Å². The van der Waals surface area contributed by atoms with Crippen molar-refractivity contribution in [3.8, 4) is 0 Å². The number of nitrogens with zero attached hydrogens (tertiary/aromatic N) is 1. The number of carbonyl (C=O) groups excluding carboxylic acids is 2. The first kappa shape index (κ1) is 12.0. The Hall–Kier alpha value is -2.49. The van der Waals surface area contributed by atoms with Gasteiger partial charge in [0, 0.05) is 11.8 Å². The number of benzene rings is 1. The summed E-state index contributed by atoms with van der Waals surface area (Å²) in [6.07, 6.45) is 1.42. The lowest BCUT2D eigenvalue weighted by atomic mass is 10.1. The number of hydrogen-bond donors (Lipinski definition) is 0. The first-order valence-electron chi connectivity index (χ1n) is 5.36. The van der Waals surface area contributed by atoms with Gasteiger partial charge in [-0.1, -0.05) is 30.3 Å². The molecule has 2 aromatic rings. The van der Waals surface area contributed by atoms with Crippen LogP contribution < -0.4 is 0 Å². The van der Waals surface area contributed by atoms with Crippen molar-refractivity contribution in [2.75, 3.05) is 7.11 Å². The SMILES string of the molecule is COC(=O)c1ccnc(C(=O)c2ccccc2)c1. The second kappa shape index (κ2) is 5.23. The van der Waals surface area contributed by atoms with Crippen LogP contribution in [-0.4, -0.2) is 23.8 Å². The number of ketones is 1. The van der Waals surface area contributed by atoms with Gasteiger partial charge in [0.25, 0.3) is 0 Å². The molecule has 1 heterocycles. The van der Waals surface area contributed by atoms with Crippen molar-refractivity contribution >= 4 is 11.8 Å². The minimum absolute atomic E-state index is 0.221. The Bertz CT molecular complexity index is 579. The molecule has 0 unspecified atom stereocenters. The highest BCUT2D eigenvalue weighted by Gasteiger charge is 2.13. The number of ether oxygens (including phenoxy) is 1. The van der Waals surface area contributed by atoms with E-state index < -0.39 is 5.97 Å². The van der Waals surface area contributed by atoms with Crippen LogP contribution in [0.3, 0.4) is 0 Å². The van der Waals surface area contributed by atoms with Gasteiger partial charge in [0.2, 0.25) is 5.78 Å². The Kier molecular flexibility index (Phi) is 3.48. The van der Waals surface area contributed by atoms with Crippen LogP contribution in [0, 0.1) is 0 Å². The Morgan fingerprint density at radius 1 is 1.06 bits per heavy atom. The second-order valence-electron chi connectivity index (χ2n) is 3.62. The maximum atomic E-state index is 12.1. The average molecular weight is 241 g/mol. The minimum atomic E-state index is -0.487. The molecule has 1 aromatic carbocycles. The molecule has 2 rings (SSSR count). The minimum Gasteiger partial charge on any atom is -0.465 e. The lowest BCUT2D eigenvalue weighted by Gasteiger charge is -2.02. The van der Waals surface area contributed by atoms with E-state index in [9.17, 15) is 9.59 Å². The molecular formula is C14H11NO3. The van der Waals surface area contributed by atoms with Crippen molar-refractivity contribution in [2.24, 2.45) is 0 Å². The number of esters is 1. The van der Waals surface area contributed by atoms with E-state index in [2.05, 4.69) is 9.72 Å². The molecule has 0 spiro atoms. The van der Waals surface area contributed by atoms with Crippen LogP contribution in [0.1, 0.15) is 26.4 Å². The fourth-order valence-electron chi connectivity index (χ4n) is 1.54. The summed E-state index contributed by atoms with van der Waals surface area (Å²) < 4.78 is 4.60. The number of methoxy groups -OCH3 is 1. The van der Waals surface area contributed by atoms with E-state index >= 15 is 0 Å². The van der Waals surface area contributed by atoms with E-state index in [1.807, 2.05) is 6.07 Å². The van der Waals surface area contributed by atoms with E-state index in [1.165, 1.54) is 25.4 Å². The quantitative estimate of drug-likeness (QED) is 0.610. The van der Waals surface area contributed by atoms with E-state index in [-0.39, 0.29) is 11.5 Å². The summed E-state index contributed by atoms with van der Waals surface area (Å²) >= 11 is 0. The van der Waals surface area contributed by atoms with E-state index in [0.29, 0.717) is 11.1 Å². The third kappa shape index (κ3) is 2.43. The van der Waals surface area contributed by atoms with Crippen molar-refractivity contribution in [3.05, 3.63) is 65.5 Å². The first-order chi connectivity index (χ1) is 8.72. The van der Waals surface area contributed by atoms with E-state index in [1.54, 1.807) is 24.3 Å². The van der Waals surface area contributed by atoms with Gasteiger partial charge in [-0.05, 0) is 12.1 Å². The fourth-order valence-corrected chi connectivity index (χ4v) is 1.54. The molecule has 0 amide bonds. The fraction of sp³-hybridized carbons (Fsp3) is 0.0714. The third-order valence-corrected chi connectivity index (χ3v) is 2.45. The topological polar surface area (TPSA) is 56.3 Å². The number of aromatic nitrogens is 1. The van der Waals surface area contributed by atoms with Gasteiger partial charge in [0.1, 0.15) is 5.69 Å². The van der Waals surface area contributed by atoms with Gasteiger partial charge in [-0.2, -0.15) is 0 Å². The van der Waals surface area contributed by atoms with Gasteiger partial charge in [0.05, 0.1) is 12.7 Å². The molecule has 0 atom stereocenters. The van der Waals surface area contributed by atoms with Gasteiger partial charge in [-0.3, -0.25) is 9.78 Å². The highest BCUT2D eigenvalue weighted by atomic mass is 16.5. The lowest BCUT2D eigenvalue weighted by Crippen LogP contribution is -2.07. The van der Waals surface area contributed by atoms with Gasteiger partial charge < -0.3 is 4.74 Å². The van der Waals surface area contributed by atoms with Crippen LogP contribution in [0.4, 0.5) is 0 Å². The molecule has 1 aromatic heterocycles. The number of hydrogen-bond acceptors (Lipinski definition) is 4. The van der Waals surface area contributed by atoms with E-state index in [4.69, 9.17) is 0 Å². The first-order valence-corrected chi connectivity index (χ1v) is 5.36. The molecule has 0 bridgehead atoms. The molecule has 18 heavy (non-hydrogen) atoms. The highest BCUT2D eigenvalue weighted by Crippen LogP contribution is 2.09. The molecule has 4 heteroatoms. The van der Waals surface area contributed by atoms with Gasteiger partial charge in [-0.25, -0.2) is 4.79 Å². The van der Waals surface area contributed by atoms with Crippen molar-refractivity contribution in [2.45, 2.75) is 0 Å². The largest absolute Gasteiger partial charge is 0.465 e. The zero-order valence-corrected chi connectivity index (χ0v) is 9.79. The van der Waals surface area contributed by atoms with Crippen molar-refractivity contribution in [3.63, 3.8) is 0 Å². The zero-order valence-electron chi connectivity index (χ0n) is 9.79. The van der Waals surface area contributed by atoms with Crippen LogP contribution >= 0.6 is 0 Å². The molecule has 0 aliphatic carbocycles. The molecular weight excluding hydrogens is 230 g/mol. The van der Waals surface area contributed by atoms with Crippen LogP contribution in [0.5, 0.6) is 0 Å². The maximum absolute atomic E-state index is 12.1. The Labute approximate surface area is 104 Å². The lowest BCUT2D eigenvalue weighted by molar-refractivity contribution is 0.0600. The highest BCUT2D eigenvalue weighted by molar-refractivity contribution is 6.08. The normalized spacial score (nSPS) is 9.83. The Balaban J connectivity index is 2.35. The summed E-state index contributed by atoms with van der Waals surface area (Å²) in [5.74, 6) is -0.708. The predicted molar refractivity (Wildman–Crippen MR) is 65.5 cm³/mol. The second-order valence-corrected chi connectivity index (χ2v) is 3.62. The van der Waals surface area contributed by atoms with Crippen LogP contribution in [0.25, 0.3) is 0 Å². The van der Waals surface area contributed by atoms with Gasteiger partial charge >= 0.3 is 5.97 Å². The Morgan fingerprint density at radius 2 is 1.78 bits per heavy atom. The van der Waals surface area contributed by atoms with Gasteiger partial charge in [0.15, 0.2) is 0 Å². The molecule has 0 saturated heterocycles. The van der Waals surface area contributed by atoms with E-state index in [0.717, 1.165) is 0 Å². The monoisotopic (exact) mass is 241 g/mol. The number of pyridine rings is 1. The zero-order chi connectivity index (χ0) is 13.0. The van der Waals surface area contributed by atoms with Gasteiger partial charge in [-0.15, -0.1) is 0 Å². The smallest absolute Gasteiger partial charge is 0.337 e. The maximum Gasteiger partial charge on any atom is 0.337 e. The molecule has 4 nitrogen and oxygen atoms in total. The molecule has 0 radical (unpaired) electrons. The molecule has 0 N–H and O–H groups in total. The summed E-state index contributed by atoms with van der Waals surface area (Å²) in [4.78, 5) is 27.4. The molecule has 0 aliphatic rings. The predicted octanol–water partition coefficient (Wildman–Crippen LogP) is 2.10. The average Bonchev–Trinajstić information content (AvgIpc) is 2.46. The van der Waals surface area contributed by atoms with Crippen LogP contribution in [0.15, 0.2) is 48.7 Å².